The van der Waals surface area contributed by atoms with Crippen LogP contribution in [0.2, 0.25) is 0 Å². The van der Waals surface area contributed by atoms with Crippen LogP contribution >= 0.6 is 15.9 Å². The van der Waals surface area contributed by atoms with Gasteiger partial charge >= 0.3 is 0 Å². The van der Waals surface area contributed by atoms with Crippen LogP contribution in [0.4, 0.5) is 17.1 Å². The Morgan fingerprint density at radius 3 is 2.45 bits per heavy atom. The van der Waals surface area contributed by atoms with Crippen molar-refractivity contribution >= 4 is 39.2 Å². The molecule has 2 aromatic rings. The quantitative estimate of drug-likeness (QED) is 0.468. The van der Waals surface area contributed by atoms with Gasteiger partial charge in [-0.05, 0) is 23.4 Å². The molecule has 0 radical (unpaired) electrons. The summed E-state index contributed by atoms with van der Waals surface area (Å²) in [6.07, 6.45) is 1.14. The summed E-state index contributed by atoms with van der Waals surface area (Å²) >= 11 is 3.08. The van der Waals surface area contributed by atoms with E-state index in [4.69, 9.17) is 0 Å². The van der Waals surface area contributed by atoms with Crippen molar-refractivity contribution < 1.29 is 15.0 Å². The van der Waals surface area contributed by atoms with E-state index in [1.807, 2.05) is 0 Å². The molecule has 0 fully saturated rings. The average Bonchev–Trinajstić information content (AvgIpc) is 2.47. The summed E-state index contributed by atoms with van der Waals surface area (Å²) in [6.45, 7) is 0. The van der Waals surface area contributed by atoms with E-state index in [2.05, 4.69) is 20.9 Å². The monoisotopic (exact) mass is 364 g/mol. The van der Waals surface area contributed by atoms with Gasteiger partial charge in [0.2, 0.25) is 0 Å². The molecule has 0 amide bonds. The Hall–Kier alpha value is -2.81. The number of hydrogen-bond acceptors (Lipinski definition) is 6. The molecule has 2 aromatic carbocycles. The first-order valence-corrected chi connectivity index (χ1v) is 6.61. The maximum atomic E-state index is 11.9. The van der Waals surface area contributed by atoms with Crippen LogP contribution in [0.25, 0.3) is 0 Å². The number of non-ortho nitro benzene ring substituents is 1. The Balaban J connectivity index is 2.40. The van der Waals surface area contributed by atoms with Gasteiger partial charge in [0, 0.05) is 28.9 Å². The summed E-state index contributed by atoms with van der Waals surface area (Å²) in [5.41, 5.74) is -0.448. The van der Waals surface area contributed by atoms with Crippen molar-refractivity contribution in [2.45, 2.75) is 0 Å². The van der Waals surface area contributed by atoms with Gasteiger partial charge in [-0.25, -0.2) is 0 Å². The molecule has 0 aliphatic rings. The molecule has 0 heterocycles. The van der Waals surface area contributed by atoms with Gasteiger partial charge < -0.3 is 5.11 Å². The molecule has 0 bridgehead atoms. The van der Waals surface area contributed by atoms with Gasteiger partial charge in [0.15, 0.2) is 0 Å². The van der Waals surface area contributed by atoms with Gasteiger partial charge in [0.1, 0.15) is 0 Å². The number of hydrogen-bond donors (Lipinski definition) is 0. The number of rotatable bonds is 4. The van der Waals surface area contributed by atoms with Crippen molar-refractivity contribution in [2.24, 2.45) is 4.99 Å². The highest BCUT2D eigenvalue weighted by Gasteiger charge is 2.11. The topological polar surface area (TPSA) is 122 Å². The number of nitro benzene ring substituents is 2. The number of benzene rings is 2. The van der Waals surface area contributed by atoms with Crippen molar-refractivity contribution in [1.29, 1.82) is 0 Å². The molecule has 0 spiro atoms. The highest BCUT2D eigenvalue weighted by atomic mass is 79.9. The summed E-state index contributed by atoms with van der Waals surface area (Å²) in [7, 11) is 0. The minimum Gasteiger partial charge on any atom is -0.867 e. The molecule has 0 saturated carbocycles. The molecule has 0 unspecified atom stereocenters. The largest absolute Gasteiger partial charge is 0.867 e. The number of aliphatic imine (C=N–C) groups is 1. The fourth-order valence-electron chi connectivity index (χ4n) is 1.66. The van der Waals surface area contributed by atoms with Gasteiger partial charge in [-0.3, -0.25) is 25.2 Å². The number of nitrogens with zero attached hydrogens (tertiary/aromatic N) is 3. The lowest BCUT2D eigenvalue weighted by Gasteiger charge is -2.10. The molecule has 0 aliphatic heterocycles. The molecular weight excluding hydrogens is 358 g/mol. The summed E-state index contributed by atoms with van der Waals surface area (Å²) in [4.78, 5) is 24.1. The molecule has 112 valence electrons. The Bertz CT molecular complexity index is 791. The van der Waals surface area contributed by atoms with Crippen molar-refractivity contribution in [1.82, 2.24) is 0 Å². The van der Waals surface area contributed by atoms with E-state index in [1.165, 1.54) is 30.3 Å². The summed E-state index contributed by atoms with van der Waals surface area (Å²) in [6, 6.07) is 7.99. The van der Waals surface area contributed by atoms with Crippen LogP contribution < -0.4 is 5.11 Å². The second-order valence-corrected chi connectivity index (χ2v) is 5.05. The summed E-state index contributed by atoms with van der Waals surface area (Å²) in [5, 5.41) is 33.4. The fourth-order valence-corrected chi connectivity index (χ4v) is 2.13. The molecule has 0 saturated heterocycles. The Morgan fingerprint density at radius 1 is 1.09 bits per heavy atom. The third-order valence-electron chi connectivity index (χ3n) is 2.65. The van der Waals surface area contributed by atoms with E-state index in [-0.39, 0.29) is 16.9 Å². The van der Waals surface area contributed by atoms with Gasteiger partial charge in [-0.2, -0.15) is 0 Å². The molecule has 8 nitrogen and oxygen atoms in total. The van der Waals surface area contributed by atoms with Crippen LogP contribution in [0.15, 0.2) is 45.9 Å². The smallest absolute Gasteiger partial charge is 0.271 e. The maximum absolute atomic E-state index is 11.9. The van der Waals surface area contributed by atoms with Crippen LogP contribution in [0.1, 0.15) is 5.56 Å². The van der Waals surface area contributed by atoms with E-state index < -0.39 is 21.3 Å². The molecule has 9 heteroatoms. The van der Waals surface area contributed by atoms with Crippen LogP contribution in [0.5, 0.6) is 5.75 Å². The minimum absolute atomic E-state index is 0.00702. The summed E-state index contributed by atoms with van der Waals surface area (Å²) in [5.74, 6) is -0.776. The zero-order chi connectivity index (χ0) is 16.3. The van der Waals surface area contributed by atoms with Crippen LogP contribution in [-0.4, -0.2) is 16.1 Å². The second-order valence-electron chi connectivity index (χ2n) is 4.14. The predicted molar refractivity (Wildman–Crippen MR) is 80.6 cm³/mol. The predicted octanol–water partition coefficient (Wildman–Crippen LogP) is 3.09. The van der Waals surface area contributed by atoms with Crippen LogP contribution in [0.3, 0.4) is 0 Å². The zero-order valence-electron chi connectivity index (χ0n) is 10.8. The molecule has 0 N–H and O–H groups in total. The van der Waals surface area contributed by atoms with Gasteiger partial charge in [-0.1, -0.05) is 22.0 Å². The Labute approximate surface area is 132 Å². The fraction of sp³-hybridized carbons (Fsp3) is 0. The zero-order valence-corrected chi connectivity index (χ0v) is 12.4. The van der Waals surface area contributed by atoms with E-state index in [1.54, 1.807) is 0 Å². The van der Waals surface area contributed by atoms with Crippen molar-refractivity contribution in [3.63, 3.8) is 0 Å². The number of halogens is 1. The minimum atomic E-state index is -0.780. The molecule has 0 aromatic heterocycles. The lowest BCUT2D eigenvalue weighted by molar-refractivity contribution is -0.398. The standard InChI is InChI=1S/C13H8BrN3O5/c14-9-4-8(13(18)12(5-9)17(21)22)7-15-10-2-1-3-11(6-10)16(19)20/h1-7,18H/p-1. The molecular formula is C13H7BrN3O5-. The highest BCUT2D eigenvalue weighted by molar-refractivity contribution is 9.10. The van der Waals surface area contributed by atoms with E-state index in [9.17, 15) is 25.3 Å². The van der Waals surface area contributed by atoms with Crippen molar-refractivity contribution in [3.8, 4) is 5.75 Å². The maximum Gasteiger partial charge on any atom is 0.271 e. The Morgan fingerprint density at radius 2 is 1.82 bits per heavy atom. The van der Waals surface area contributed by atoms with Crippen molar-refractivity contribution in [3.05, 3.63) is 66.7 Å². The van der Waals surface area contributed by atoms with Gasteiger partial charge in [0.25, 0.3) is 11.4 Å². The third-order valence-corrected chi connectivity index (χ3v) is 3.11. The lowest BCUT2D eigenvalue weighted by atomic mass is 10.2. The highest BCUT2D eigenvalue weighted by Crippen LogP contribution is 2.30. The lowest BCUT2D eigenvalue weighted by Crippen LogP contribution is -2.02. The van der Waals surface area contributed by atoms with E-state index in [0.717, 1.165) is 12.3 Å². The second kappa shape index (κ2) is 6.31. The SMILES string of the molecule is O=[N+]([O-])c1cccc(N=Cc2cc(Br)cc([N+](=O)[O-])c2[O-])c1. The number of nitro groups is 2. The Kier molecular flexibility index (Phi) is 4.47. The normalized spacial score (nSPS) is 10.8. The van der Waals surface area contributed by atoms with Crippen LogP contribution in [-0.2, 0) is 0 Å². The van der Waals surface area contributed by atoms with Crippen molar-refractivity contribution in [2.75, 3.05) is 0 Å². The third kappa shape index (κ3) is 3.44. The van der Waals surface area contributed by atoms with Crippen LogP contribution in [0, 0.1) is 20.2 Å². The molecule has 0 atom stereocenters. The molecule has 0 aliphatic carbocycles. The first-order chi connectivity index (χ1) is 10.4. The van der Waals surface area contributed by atoms with Gasteiger partial charge in [0.05, 0.1) is 15.5 Å². The first kappa shape index (κ1) is 15.6. The summed E-state index contributed by atoms with van der Waals surface area (Å²) < 4.78 is 0.360. The molecule has 2 rings (SSSR count). The molecule has 22 heavy (non-hydrogen) atoms. The van der Waals surface area contributed by atoms with E-state index >= 15 is 0 Å². The van der Waals surface area contributed by atoms with E-state index in [0.29, 0.717) is 4.47 Å². The van der Waals surface area contributed by atoms with Gasteiger partial charge in [-0.15, -0.1) is 0 Å². The first-order valence-electron chi connectivity index (χ1n) is 5.82. The average molecular weight is 365 g/mol.